The summed E-state index contributed by atoms with van der Waals surface area (Å²) in [6, 6.07) is 3.32. The van der Waals surface area contributed by atoms with E-state index in [0.29, 0.717) is 11.9 Å². The maximum absolute atomic E-state index is 12.3. The number of hydrogen-bond acceptors (Lipinski definition) is 4. The molecule has 0 radical (unpaired) electrons. The lowest BCUT2D eigenvalue weighted by Gasteiger charge is -2.08. The highest BCUT2D eigenvalue weighted by Crippen LogP contribution is 2.28. The Kier molecular flexibility index (Phi) is 5.63. The second kappa shape index (κ2) is 7.01. The lowest BCUT2D eigenvalue weighted by molar-refractivity contribution is -0.141. The zero-order chi connectivity index (χ0) is 16.0. The van der Waals surface area contributed by atoms with E-state index in [9.17, 15) is 13.2 Å². The smallest absolute Gasteiger partial charge is 0.434 e. The van der Waals surface area contributed by atoms with Gasteiger partial charge in [0.15, 0.2) is 5.69 Å². The standard InChI is InChI=1S/C12H10F3N3O.C2H6/c1-7-3-9(4-8(2)18-7)19-11-6-16-10(5-17-11)12(13,14)15;1-2/h3-6H,1-2H3;1-2H3. The number of pyridine rings is 1. The molecule has 7 heteroatoms. The number of aryl methyl sites for hydroxylation is 2. The fraction of sp³-hybridized carbons (Fsp3) is 0.357. The minimum Gasteiger partial charge on any atom is -0.437 e. The van der Waals surface area contributed by atoms with Crippen LogP contribution in [-0.4, -0.2) is 15.0 Å². The summed E-state index contributed by atoms with van der Waals surface area (Å²) in [5.41, 5.74) is 0.437. The van der Waals surface area contributed by atoms with E-state index in [1.54, 1.807) is 26.0 Å². The van der Waals surface area contributed by atoms with Gasteiger partial charge in [-0.25, -0.2) is 9.97 Å². The molecule has 0 saturated carbocycles. The van der Waals surface area contributed by atoms with Crippen LogP contribution in [0.4, 0.5) is 13.2 Å². The Bertz CT molecular complexity index is 563. The van der Waals surface area contributed by atoms with Crippen LogP contribution < -0.4 is 4.74 Å². The van der Waals surface area contributed by atoms with Gasteiger partial charge in [0.25, 0.3) is 0 Å². The molecule has 21 heavy (non-hydrogen) atoms. The third kappa shape index (κ3) is 5.02. The highest BCUT2D eigenvalue weighted by molar-refractivity contribution is 5.29. The highest BCUT2D eigenvalue weighted by atomic mass is 19.4. The molecule has 2 aromatic heterocycles. The summed E-state index contributed by atoms with van der Waals surface area (Å²) in [6.45, 7) is 7.58. The summed E-state index contributed by atoms with van der Waals surface area (Å²) in [4.78, 5) is 11.0. The second-order valence-electron chi connectivity index (χ2n) is 3.93. The third-order valence-electron chi connectivity index (χ3n) is 2.20. The molecular weight excluding hydrogens is 283 g/mol. The largest absolute Gasteiger partial charge is 0.437 e. The Balaban J connectivity index is 0.00000106. The number of aromatic nitrogens is 3. The van der Waals surface area contributed by atoms with Crippen LogP contribution in [0.2, 0.25) is 0 Å². The van der Waals surface area contributed by atoms with E-state index in [1.807, 2.05) is 13.8 Å². The van der Waals surface area contributed by atoms with E-state index in [2.05, 4.69) is 15.0 Å². The molecule has 0 aromatic carbocycles. The monoisotopic (exact) mass is 299 g/mol. The Labute approximate surface area is 121 Å². The molecule has 0 aliphatic rings. The van der Waals surface area contributed by atoms with Crippen LogP contribution in [0.5, 0.6) is 11.6 Å². The van der Waals surface area contributed by atoms with Crippen molar-refractivity contribution in [3.8, 4) is 11.6 Å². The van der Waals surface area contributed by atoms with Crippen LogP contribution >= 0.6 is 0 Å². The molecule has 0 spiro atoms. The lowest BCUT2D eigenvalue weighted by Crippen LogP contribution is -2.08. The molecule has 2 heterocycles. The van der Waals surface area contributed by atoms with Crippen molar-refractivity contribution in [2.24, 2.45) is 0 Å². The van der Waals surface area contributed by atoms with Crippen molar-refractivity contribution in [3.63, 3.8) is 0 Å². The van der Waals surface area contributed by atoms with Crippen LogP contribution in [0, 0.1) is 13.8 Å². The van der Waals surface area contributed by atoms with Gasteiger partial charge in [-0.05, 0) is 13.8 Å². The molecule has 0 aliphatic carbocycles. The molecule has 0 bridgehead atoms. The molecule has 114 valence electrons. The first kappa shape index (κ1) is 16.9. The highest BCUT2D eigenvalue weighted by Gasteiger charge is 2.32. The van der Waals surface area contributed by atoms with Gasteiger partial charge in [-0.2, -0.15) is 13.2 Å². The second-order valence-corrected chi connectivity index (χ2v) is 3.93. The average molecular weight is 299 g/mol. The summed E-state index contributed by atoms with van der Waals surface area (Å²) in [7, 11) is 0. The van der Waals surface area contributed by atoms with E-state index < -0.39 is 11.9 Å². The number of rotatable bonds is 2. The van der Waals surface area contributed by atoms with Crippen LogP contribution in [-0.2, 0) is 6.18 Å². The first-order valence-electron chi connectivity index (χ1n) is 6.37. The minimum absolute atomic E-state index is 0.00185. The molecule has 2 aromatic rings. The topological polar surface area (TPSA) is 47.9 Å². The molecule has 0 atom stereocenters. The molecule has 0 amide bonds. The van der Waals surface area contributed by atoms with E-state index in [1.165, 1.54) is 0 Å². The maximum Gasteiger partial charge on any atom is 0.434 e. The zero-order valence-electron chi connectivity index (χ0n) is 12.2. The molecule has 0 saturated heterocycles. The maximum atomic E-state index is 12.3. The Morgan fingerprint density at radius 3 is 1.95 bits per heavy atom. The summed E-state index contributed by atoms with van der Waals surface area (Å²) in [6.07, 6.45) is -2.93. The van der Waals surface area contributed by atoms with Crippen molar-refractivity contribution in [1.82, 2.24) is 15.0 Å². The quantitative estimate of drug-likeness (QED) is 0.828. The molecule has 0 N–H and O–H groups in total. The molecule has 4 nitrogen and oxygen atoms in total. The molecule has 2 rings (SSSR count). The first-order chi connectivity index (χ1) is 9.84. The van der Waals surface area contributed by atoms with Gasteiger partial charge in [0.1, 0.15) is 5.75 Å². The number of alkyl halides is 3. The van der Waals surface area contributed by atoms with Crippen LogP contribution in [0.15, 0.2) is 24.5 Å². The molecular formula is C14H16F3N3O. The van der Waals surface area contributed by atoms with Crippen molar-refractivity contribution in [1.29, 1.82) is 0 Å². The van der Waals surface area contributed by atoms with Crippen molar-refractivity contribution < 1.29 is 17.9 Å². The number of hydrogen-bond donors (Lipinski definition) is 0. The van der Waals surface area contributed by atoms with Crippen molar-refractivity contribution in [2.75, 3.05) is 0 Å². The van der Waals surface area contributed by atoms with E-state index in [-0.39, 0.29) is 5.88 Å². The lowest BCUT2D eigenvalue weighted by atomic mass is 10.3. The number of ether oxygens (including phenoxy) is 1. The van der Waals surface area contributed by atoms with Crippen LogP contribution in [0.3, 0.4) is 0 Å². The van der Waals surface area contributed by atoms with E-state index in [0.717, 1.165) is 17.6 Å². The predicted octanol–water partition coefficient (Wildman–Crippen LogP) is 4.33. The summed E-state index contributed by atoms with van der Waals surface area (Å²) >= 11 is 0. The summed E-state index contributed by atoms with van der Waals surface area (Å²) in [5.74, 6) is 0.456. The van der Waals surface area contributed by atoms with Gasteiger partial charge >= 0.3 is 6.18 Å². The third-order valence-corrected chi connectivity index (χ3v) is 2.20. The van der Waals surface area contributed by atoms with Gasteiger partial charge in [-0.3, -0.25) is 4.98 Å². The number of nitrogens with zero attached hydrogens (tertiary/aromatic N) is 3. The van der Waals surface area contributed by atoms with Gasteiger partial charge < -0.3 is 4.74 Å². The van der Waals surface area contributed by atoms with Gasteiger partial charge in [0, 0.05) is 23.5 Å². The van der Waals surface area contributed by atoms with Crippen molar-refractivity contribution in [3.05, 3.63) is 41.6 Å². The van der Waals surface area contributed by atoms with Gasteiger partial charge in [-0.15, -0.1) is 0 Å². The normalized spacial score (nSPS) is 10.6. The Morgan fingerprint density at radius 1 is 0.952 bits per heavy atom. The van der Waals surface area contributed by atoms with Crippen molar-refractivity contribution in [2.45, 2.75) is 33.9 Å². The van der Waals surface area contributed by atoms with Crippen LogP contribution in [0.1, 0.15) is 30.9 Å². The SMILES string of the molecule is CC.Cc1cc(Oc2cnc(C(F)(F)F)cn2)cc(C)n1. The van der Waals surface area contributed by atoms with Crippen molar-refractivity contribution >= 4 is 0 Å². The fourth-order valence-electron chi connectivity index (χ4n) is 1.49. The van der Waals surface area contributed by atoms with Gasteiger partial charge in [0.05, 0.1) is 12.4 Å². The summed E-state index contributed by atoms with van der Waals surface area (Å²) < 4.78 is 42.2. The summed E-state index contributed by atoms with van der Waals surface area (Å²) in [5, 5.41) is 0. The Morgan fingerprint density at radius 2 is 1.52 bits per heavy atom. The number of halogens is 3. The first-order valence-corrected chi connectivity index (χ1v) is 6.37. The fourth-order valence-corrected chi connectivity index (χ4v) is 1.49. The van der Waals surface area contributed by atoms with E-state index in [4.69, 9.17) is 4.74 Å². The molecule has 0 aliphatic heterocycles. The minimum atomic E-state index is -4.50. The molecule has 0 fully saturated rings. The predicted molar refractivity (Wildman–Crippen MR) is 72.2 cm³/mol. The molecule has 0 unspecified atom stereocenters. The van der Waals surface area contributed by atoms with Gasteiger partial charge in [0.2, 0.25) is 5.88 Å². The van der Waals surface area contributed by atoms with Gasteiger partial charge in [-0.1, -0.05) is 13.8 Å². The Hall–Kier alpha value is -2.18. The zero-order valence-corrected chi connectivity index (χ0v) is 12.2. The van der Waals surface area contributed by atoms with E-state index >= 15 is 0 Å². The average Bonchev–Trinajstić information content (AvgIpc) is 2.39. The van der Waals surface area contributed by atoms with Crippen LogP contribution in [0.25, 0.3) is 0 Å².